The molecule has 0 aromatic rings. The summed E-state index contributed by atoms with van der Waals surface area (Å²) in [7, 11) is 0. The van der Waals surface area contributed by atoms with Gasteiger partial charge in [0.25, 0.3) is 0 Å². The molecule has 0 aromatic heterocycles. The summed E-state index contributed by atoms with van der Waals surface area (Å²) in [6.07, 6.45) is 0. The van der Waals surface area contributed by atoms with Crippen LogP contribution < -0.4 is 10.6 Å². The van der Waals surface area contributed by atoms with Crippen LogP contribution in [0.1, 0.15) is 0 Å². The predicted octanol–water partition coefficient (Wildman–Crippen LogP) is -0.360. The van der Waals surface area contributed by atoms with E-state index < -0.39 is 24.6 Å². The van der Waals surface area contributed by atoms with Gasteiger partial charge in [-0.25, -0.2) is 9.59 Å². The Hall–Kier alpha value is -1.08. The highest BCUT2D eigenvalue weighted by Crippen LogP contribution is 1.96. The van der Waals surface area contributed by atoms with Gasteiger partial charge in [0.2, 0.25) is 0 Å². The standard InChI is InChI=1S/C7H11BrN2O4/c1-4(8)2-9-7(14)10-5(3-11)6(12)13/h5,11H,1-3H2,(H,12,13)(H2,9,10,14). The molecule has 0 saturated carbocycles. The van der Waals surface area contributed by atoms with Gasteiger partial charge < -0.3 is 20.8 Å². The first kappa shape index (κ1) is 12.9. The molecule has 0 saturated heterocycles. The third-order valence-corrected chi connectivity index (χ3v) is 1.51. The van der Waals surface area contributed by atoms with Gasteiger partial charge in [-0.05, 0) is 0 Å². The van der Waals surface area contributed by atoms with Crippen molar-refractivity contribution in [2.45, 2.75) is 6.04 Å². The number of aliphatic carboxylic acids is 1. The Morgan fingerprint density at radius 3 is 2.43 bits per heavy atom. The number of nitrogens with one attached hydrogen (secondary N) is 2. The molecular weight excluding hydrogens is 256 g/mol. The minimum Gasteiger partial charge on any atom is -0.480 e. The largest absolute Gasteiger partial charge is 0.480 e. The van der Waals surface area contributed by atoms with E-state index in [1.807, 2.05) is 0 Å². The molecule has 0 aliphatic heterocycles. The number of carbonyl (C=O) groups is 2. The monoisotopic (exact) mass is 266 g/mol. The van der Waals surface area contributed by atoms with Gasteiger partial charge >= 0.3 is 12.0 Å². The molecule has 1 atom stereocenters. The molecule has 14 heavy (non-hydrogen) atoms. The van der Waals surface area contributed by atoms with Crippen molar-refractivity contribution >= 4 is 27.9 Å². The first-order valence-corrected chi connectivity index (χ1v) is 4.48. The summed E-state index contributed by atoms with van der Waals surface area (Å²) in [5.74, 6) is -1.29. The number of aliphatic hydroxyl groups is 1. The van der Waals surface area contributed by atoms with Gasteiger partial charge in [0.05, 0.1) is 13.2 Å². The molecule has 0 aromatic carbocycles. The predicted molar refractivity (Wildman–Crippen MR) is 53.1 cm³/mol. The molecule has 0 aliphatic rings. The van der Waals surface area contributed by atoms with E-state index >= 15 is 0 Å². The highest BCUT2D eigenvalue weighted by Gasteiger charge is 2.17. The molecule has 0 bridgehead atoms. The van der Waals surface area contributed by atoms with Crippen LogP contribution in [0.15, 0.2) is 11.1 Å². The molecular formula is C7H11BrN2O4. The normalized spacial score (nSPS) is 11.6. The van der Waals surface area contributed by atoms with Crippen LogP contribution in [0.25, 0.3) is 0 Å². The smallest absolute Gasteiger partial charge is 0.328 e. The number of halogens is 1. The number of aliphatic hydroxyl groups excluding tert-OH is 1. The Bertz CT molecular complexity index is 244. The number of carboxylic acid groups (broad SMARTS) is 1. The summed E-state index contributed by atoms with van der Waals surface area (Å²) in [6.45, 7) is 3.00. The van der Waals surface area contributed by atoms with Crippen molar-refractivity contribution in [1.82, 2.24) is 10.6 Å². The van der Waals surface area contributed by atoms with Crippen LogP contribution in [-0.4, -0.2) is 41.4 Å². The molecule has 0 spiro atoms. The van der Waals surface area contributed by atoms with E-state index in [0.717, 1.165) is 0 Å². The van der Waals surface area contributed by atoms with Crippen molar-refractivity contribution in [1.29, 1.82) is 0 Å². The maximum absolute atomic E-state index is 11.0. The third kappa shape index (κ3) is 5.55. The zero-order valence-corrected chi connectivity index (χ0v) is 8.87. The Balaban J connectivity index is 3.91. The number of hydrogen-bond donors (Lipinski definition) is 4. The van der Waals surface area contributed by atoms with Gasteiger partial charge in [0, 0.05) is 4.48 Å². The fourth-order valence-corrected chi connectivity index (χ4v) is 0.711. The Morgan fingerprint density at radius 2 is 2.07 bits per heavy atom. The van der Waals surface area contributed by atoms with Gasteiger partial charge in [0.15, 0.2) is 6.04 Å². The zero-order chi connectivity index (χ0) is 11.1. The lowest BCUT2D eigenvalue weighted by molar-refractivity contribution is -0.140. The number of carbonyl (C=O) groups excluding carboxylic acids is 1. The van der Waals surface area contributed by atoms with Gasteiger partial charge in [-0.1, -0.05) is 22.5 Å². The van der Waals surface area contributed by atoms with E-state index in [2.05, 4.69) is 33.1 Å². The lowest BCUT2D eigenvalue weighted by Gasteiger charge is -2.12. The second kappa shape index (κ2) is 6.39. The Morgan fingerprint density at radius 1 is 1.50 bits per heavy atom. The summed E-state index contributed by atoms with van der Waals surface area (Å²) < 4.78 is 0.559. The molecule has 1 unspecified atom stereocenters. The molecule has 4 N–H and O–H groups in total. The van der Waals surface area contributed by atoms with Gasteiger partial charge in [-0.2, -0.15) is 0 Å². The van der Waals surface area contributed by atoms with Gasteiger partial charge in [-0.15, -0.1) is 0 Å². The van der Waals surface area contributed by atoms with Crippen molar-refractivity contribution < 1.29 is 19.8 Å². The van der Waals surface area contributed by atoms with Crippen LogP contribution in [0.3, 0.4) is 0 Å². The summed E-state index contributed by atoms with van der Waals surface area (Å²) in [5.41, 5.74) is 0. The lowest BCUT2D eigenvalue weighted by atomic mass is 10.3. The van der Waals surface area contributed by atoms with Crippen LogP contribution in [0.4, 0.5) is 4.79 Å². The number of urea groups is 1. The fraction of sp³-hybridized carbons (Fsp3) is 0.429. The average Bonchev–Trinajstić information content (AvgIpc) is 2.10. The SMILES string of the molecule is C=C(Br)CNC(=O)NC(CO)C(=O)O. The van der Waals surface area contributed by atoms with Crippen LogP contribution in [-0.2, 0) is 4.79 Å². The third-order valence-electron chi connectivity index (χ3n) is 1.23. The second-order valence-electron chi connectivity index (χ2n) is 2.42. The maximum atomic E-state index is 11.0. The minimum absolute atomic E-state index is 0.184. The lowest BCUT2D eigenvalue weighted by Crippen LogP contribution is -2.48. The van der Waals surface area contributed by atoms with Gasteiger partial charge in [0.1, 0.15) is 0 Å². The quantitative estimate of drug-likeness (QED) is 0.546. The number of rotatable bonds is 5. The zero-order valence-electron chi connectivity index (χ0n) is 7.29. The topological polar surface area (TPSA) is 98.7 Å². The van der Waals surface area contributed by atoms with Crippen LogP contribution >= 0.6 is 15.9 Å². The number of amides is 2. The summed E-state index contributed by atoms with van der Waals surface area (Å²) in [4.78, 5) is 21.3. The minimum atomic E-state index is -1.29. The highest BCUT2D eigenvalue weighted by atomic mass is 79.9. The van der Waals surface area contributed by atoms with Crippen LogP contribution in [0, 0.1) is 0 Å². The highest BCUT2D eigenvalue weighted by molar-refractivity contribution is 9.11. The van der Waals surface area contributed by atoms with E-state index in [9.17, 15) is 9.59 Å². The molecule has 6 nitrogen and oxygen atoms in total. The van der Waals surface area contributed by atoms with Crippen LogP contribution in [0.2, 0.25) is 0 Å². The molecule has 7 heteroatoms. The van der Waals surface area contributed by atoms with E-state index in [1.54, 1.807) is 0 Å². The molecule has 80 valence electrons. The van der Waals surface area contributed by atoms with Crippen molar-refractivity contribution in [2.75, 3.05) is 13.2 Å². The first-order chi connectivity index (χ1) is 6.47. The summed E-state index contributed by atoms with van der Waals surface area (Å²) >= 11 is 3.01. The second-order valence-corrected chi connectivity index (χ2v) is 3.54. The van der Waals surface area contributed by atoms with Crippen molar-refractivity contribution in [3.05, 3.63) is 11.1 Å². The van der Waals surface area contributed by atoms with E-state index in [0.29, 0.717) is 4.48 Å². The molecule has 0 radical (unpaired) electrons. The average molecular weight is 267 g/mol. The van der Waals surface area contributed by atoms with Crippen molar-refractivity contribution in [3.8, 4) is 0 Å². The fourth-order valence-electron chi connectivity index (χ4n) is 0.571. The number of hydrogen-bond acceptors (Lipinski definition) is 3. The van der Waals surface area contributed by atoms with E-state index in [1.165, 1.54) is 0 Å². The van der Waals surface area contributed by atoms with Crippen LogP contribution in [0.5, 0.6) is 0 Å². The number of carboxylic acids is 1. The molecule has 0 heterocycles. The summed E-state index contributed by atoms with van der Waals surface area (Å²) in [6, 6.07) is -1.97. The van der Waals surface area contributed by atoms with E-state index in [-0.39, 0.29) is 6.54 Å². The Labute approximate surface area is 89.1 Å². The molecule has 0 aliphatic carbocycles. The van der Waals surface area contributed by atoms with Crippen molar-refractivity contribution in [3.63, 3.8) is 0 Å². The van der Waals surface area contributed by atoms with Gasteiger partial charge in [-0.3, -0.25) is 0 Å². The molecule has 2 amide bonds. The Kier molecular flexibility index (Phi) is 5.89. The van der Waals surface area contributed by atoms with Crippen molar-refractivity contribution in [2.24, 2.45) is 0 Å². The maximum Gasteiger partial charge on any atom is 0.328 e. The van der Waals surface area contributed by atoms with E-state index in [4.69, 9.17) is 10.2 Å². The first-order valence-electron chi connectivity index (χ1n) is 3.68. The molecule has 0 fully saturated rings. The molecule has 0 rings (SSSR count). The summed E-state index contributed by atoms with van der Waals surface area (Å²) in [5, 5.41) is 21.4.